The predicted octanol–water partition coefficient (Wildman–Crippen LogP) is 4.18. The molecule has 4 rings (SSSR count). The van der Waals surface area contributed by atoms with Crippen LogP contribution in [0.15, 0.2) is 60.5 Å². The fraction of sp³-hybridized carbons (Fsp3) is 0.400. The molecule has 2 amide bonds. The van der Waals surface area contributed by atoms with Crippen LogP contribution in [0.25, 0.3) is 0 Å². The molecule has 1 unspecified atom stereocenters. The fourth-order valence-corrected chi connectivity index (χ4v) is 4.99. The first kappa shape index (κ1) is 23.2. The summed E-state index contributed by atoms with van der Waals surface area (Å²) in [4.78, 5) is 33.0. The smallest absolute Gasteiger partial charge is 0.251 e. The van der Waals surface area contributed by atoms with Crippen LogP contribution in [0, 0.1) is 5.92 Å². The molecule has 174 valence electrons. The van der Waals surface area contributed by atoms with Crippen molar-refractivity contribution >= 4 is 28.8 Å². The highest BCUT2D eigenvalue weighted by Crippen LogP contribution is 2.29. The van der Waals surface area contributed by atoms with Crippen molar-refractivity contribution in [2.24, 2.45) is 5.92 Å². The first-order valence-electron chi connectivity index (χ1n) is 11.5. The van der Waals surface area contributed by atoms with E-state index < -0.39 is 0 Å². The van der Waals surface area contributed by atoms with Gasteiger partial charge in [-0.15, -0.1) is 11.3 Å². The molecule has 33 heavy (non-hydrogen) atoms. The molecule has 3 aromatic rings. The summed E-state index contributed by atoms with van der Waals surface area (Å²) in [5, 5.41) is 8.10. The molecule has 1 aliphatic rings. The number of likely N-dealkylation sites (tertiary alicyclic amines) is 1. The molecule has 0 saturated carbocycles. The summed E-state index contributed by atoms with van der Waals surface area (Å²) < 4.78 is 1.86. The van der Waals surface area contributed by atoms with Gasteiger partial charge in [0.15, 0.2) is 0 Å². The van der Waals surface area contributed by atoms with Crippen molar-refractivity contribution in [3.63, 3.8) is 0 Å². The third-order valence-corrected chi connectivity index (χ3v) is 7.12. The van der Waals surface area contributed by atoms with E-state index in [2.05, 4.69) is 45.0 Å². The van der Waals surface area contributed by atoms with Crippen LogP contribution >= 0.6 is 11.3 Å². The van der Waals surface area contributed by atoms with E-state index in [1.54, 1.807) is 48.1 Å². The lowest BCUT2D eigenvalue weighted by molar-refractivity contribution is -0.116. The molecule has 3 heterocycles. The zero-order valence-electron chi connectivity index (χ0n) is 18.9. The number of carbonyl (C=O) groups excluding carboxylic acids is 2. The standard InChI is InChI=1S/C25H31N5O2S/c1-19-7-12-30(13-8-19)22(23-6-3-15-33-23)17-27-25(32)20-4-2-5-21(16-20)28-24(31)9-11-29-14-10-26-18-29/h2-6,10,14-16,18-19,22H,7-9,11-13,17H2,1H3,(H,27,32)(H,28,31). The van der Waals surface area contributed by atoms with Gasteiger partial charge < -0.3 is 15.2 Å². The number of imidazole rings is 1. The van der Waals surface area contributed by atoms with Crippen LogP contribution in [-0.2, 0) is 11.3 Å². The van der Waals surface area contributed by atoms with Crippen LogP contribution < -0.4 is 10.6 Å². The SMILES string of the molecule is CC1CCN(C(CNC(=O)c2cccc(NC(=O)CCn3ccnc3)c2)c2cccs2)CC1. The molecular weight excluding hydrogens is 434 g/mol. The summed E-state index contributed by atoms with van der Waals surface area (Å²) in [6.45, 7) is 5.55. The van der Waals surface area contributed by atoms with Gasteiger partial charge >= 0.3 is 0 Å². The molecule has 0 spiro atoms. The lowest BCUT2D eigenvalue weighted by Gasteiger charge is -2.36. The van der Waals surface area contributed by atoms with Crippen molar-refractivity contribution in [1.82, 2.24) is 19.8 Å². The third kappa shape index (κ3) is 6.52. The van der Waals surface area contributed by atoms with E-state index in [1.165, 1.54) is 17.7 Å². The minimum absolute atomic E-state index is 0.0988. The first-order chi connectivity index (χ1) is 16.1. The zero-order valence-corrected chi connectivity index (χ0v) is 19.8. The maximum absolute atomic E-state index is 12.9. The van der Waals surface area contributed by atoms with Gasteiger partial charge in [-0.05, 0) is 61.5 Å². The molecule has 1 saturated heterocycles. The van der Waals surface area contributed by atoms with Gasteiger partial charge in [0.25, 0.3) is 5.91 Å². The second kappa shape index (κ2) is 11.2. The van der Waals surface area contributed by atoms with Gasteiger partial charge in [0.2, 0.25) is 5.91 Å². The van der Waals surface area contributed by atoms with Crippen molar-refractivity contribution in [3.8, 4) is 0 Å². The summed E-state index contributed by atoms with van der Waals surface area (Å²) in [6, 6.07) is 11.5. The Kier molecular flexibility index (Phi) is 7.91. The number of anilines is 1. The second-order valence-corrected chi connectivity index (χ2v) is 9.62. The zero-order chi connectivity index (χ0) is 23.0. The van der Waals surface area contributed by atoms with Crippen LogP contribution in [0.2, 0.25) is 0 Å². The lowest BCUT2D eigenvalue weighted by atomic mass is 9.97. The van der Waals surface area contributed by atoms with Gasteiger partial charge in [-0.25, -0.2) is 4.98 Å². The van der Waals surface area contributed by atoms with E-state index in [0.29, 0.717) is 30.8 Å². The minimum Gasteiger partial charge on any atom is -0.350 e. The van der Waals surface area contributed by atoms with E-state index >= 15 is 0 Å². The summed E-state index contributed by atoms with van der Waals surface area (Å²) >= 11 is 1.74. The van der Waals surface area contributed by atoms with Crippen molar-refractivity contribution in [2.45, 2.75) is 38.8 Å². The predicted molar refractivity (Wildman–Crippen MR) is 131 cm³/mol. The molecule has 8 heteroatoms. The second-order valence-electron chi connectivity index (χ2n) is 8.64. The van der Waals surface area contributed by atoms with Gasteiger partial charge in [-0.3, -0.25) is 14.5 Å². The van der Waals surface area contributed by atoms with E-state index in [0.717, 1.165) is 19.0 Å². The highest BCUT2D eigenvalue weighted by atomic mass is 32.1. The number of aromatic nitrogens is 2. The number of aryl methyl sites for hydroxylation is 1. The van der Waals surface area contributed by atoms with Gasteiger partial charge in [-0.2, -0.15) is 0 Å². The van der Waals surface area contributed by atoms with Crippen LogP contribution in [0.1, 0.15) is 47.5 Å². The number of carbonyl (C=O) groups is 2. The third-order valence-electron chi connectivity index (χ3n) is 6.15. The number of rotatable bonds is 9. The van der Waals surface area contributed by atoms with Gasteiger partial charge in [-0.1, -0.05) is 19.1 Å². The van der Waals surface area contributed by atoms with Crippen LogP contribution in [0.5, 0.6) is 0 Å². The molecule has 2 aromatic heterocycles. The Hall–Kier alpha value is -2.97. The Morgan fingerprint density at radius 2 is 2.06 bits per heavy atom. The molecule has 2 N–H and O–H groups in total. The normalized spacial score (nSPS) is 15.8. The Bertz CT molecular complexity index is 1030. The lowest BCUT2D eigenvalue weighted by Crippen LogP contribution is -2.41. The topological polar surface area (TPSA) is 79.3 Å². The number of piperidine rings is 1. The van der Waals surface area contributed by atoms with Crippen molar-refractivity contribution in [2.75, 3.05) is 25.0 Å². The Morgan fingerprint density at radius 1 is 1.21 bits per heavy atom. The molecule has 1 fully saturated rings. The number of hydrogen-bond donors (Lipinski definition) is 2. The molecule has 0 bridgehead atoms. The number of nitrogens with one attached hydrogen (secondary N) is 2. The Labute approximate surface area is 198 Å². The van der Waals surface area contributed by atoms with Gasteiger partial charge in [0, 0.05) is 48.0 Å². The van der Waals surface area contributed by atoms with Crippen LogP contribution in [0.4, 0.5) is 5.69 Å². The average Bonchev–Trinajstić information content (AvgIpc) is 3.54. The molecule has 0 aliphatic carbocycles. The minimum atomic E-state index is -0.128. The molecule has 1 atom stereocenters. The molecule has 0 radical (unpaired) electrons. The fourth-order valence-electron chi connectivity index (χ4n) is 4.13. The molecule has 7 nitrogen and oxygen atoms in total. The molecular formula is C25H31N5O2S. The molecule has 1 aromatic carbocycles. The maximum Gasteiger partial charge on any atom is 0.251 e. The first-order valence-corrected chi connectivity index (χ1v) is 12.4. The van der Waals surface area contributed by atoms with E-state index in [1.807, 2.05) is 10.8 Å². The summed E-state index contributed by atoms with van der Waals surface area (Å²) in [5.41, 5.74) is 1.16. The van der Waals surface area contributed by atoms with Crippen LogP contribution in [-0.4, -0.2) is 45.9 Å². The summed E-state index contributed by atoms with van der Waals surface area (Å²) in [6.07, 6.45) is 7.92. The van der Waals surface area contributed by atoms with E-state index in [4.69, 9.17) is 0 Å². The Balaban J connectivity index is 1.34. The number of thiophene rings is 1. The number of hydrogen-bond acceptors (Lipinski definition) is 5. The summed E-state index contributed by atoms with van der Waals surface area (Å²) in [7, 11) is 0. The van der Waals surface area contributed by atoms with Gasteiger partial charge in [0.1, 0.15) is 0 Å². The van der Waals surface area contributed by atoms with E-state index in [-0.39, 0.29) is 17.9 Å². The van der Waals surface area contributed by atoms with Crippen molar-refractivity contribution in [1.29, 1.82) is 0 Å². The molecule has 1 aliphatic heterocycles. The Morgan fingerprint density at radius 3 is 2.79 bits per heavy atom. The quantitative estimate of drug-likeness (QED) is 0.497. The van der Waals surface area contributed by atoms with Crippen molar-refractivity contribution < 1.29 is 9.59 Å². The largest absolute Gasteiger partial charge is 0.350 e. The number of nitrogens with zero attached hydrogens (tertiary/aromatic N) is 3. The van der Waals surface area contributed by atoms with Crippen molar-refractivity contribution in [3.05, 3.63) is 70.9 Å². The monoisotopic (exact) mass is 465 g/mol. The number of benzene rings is 1. The summed E-state index contributed by atoms with van der Waals surface area (Å²) in [5.74, 6) is 0.535. The van der Waals surface area contributed by atoms with Crippen LogP contribution in [0.3, 0.4) is 0 Å². The van der Waals surface area contributed by atoms with E-state index in [9.17, 15) is 9.59 Å². The van der Waals surface area contributed by atoms with Gasteiger partial charge in [0.05, 0.1) is 12.4 Å². The highest BCUT2D eigenvalue weighted by molar-refractivity contribution is 7.10. The highest BCUT2D eigenvalue weighted by Gasteiger charge is 2.26. The number of amides is 2. The maximum atomic E-state index is 12.9. The average molecular weight is 466 g/mol.